The number of hydrogen-bond acceptors (Lipinski definition) is 5. The lowest BCUT2D eigenvalue weighted by Crippen LogP contribution is -2.26. The minimum Gasteiger partial charge on any atom is -0.508 e. The Labute approximate surface area is 188 Å². The zero-order valence-corrected chi connectivity index (χ0v) is 18.3. The monoisotopic (exact) mass is 425 g/mol. The van der Waals surface area contributed by atoms with Crippen LogP contribution in [0, 0.1) is 0 Å². The summed E-state index contributed by atoms with van der Waals surface area (Å²) in [5, 5.41) is 16.9. The molecule has 0 radical (unpaired) electrons. The minimum absolute atomic E-state index is 0.135. The first-order valence-electron chi connectivity index (χ1n) is 10.9. The molecule has 1 aliphatic heterocycles. The predicted molar refractivity (Wildman–Crippen MR) is 129 cm³/mol. The van der Waals surface area contributed by atoms with E-state index in [1.807, 2.05) is 50.5 Å². The molecule has 0 aromatic heterocycles. The van der Waals surface area contributed by atoms with Crippen LogP contribution in [0.5, 0.6) is 5.75 Å². The number of anilines is 3. The van der Waals surface area contributed by atoms with Crippen molar-refractivity contribution in [1.29, 1.82) is 0 Å². The van der Waals surface area contributed by atoms with Gasteiger partial charge in [-0.2, -0.15) is 0 Å². The van der Waals surface area contributed by atoms with Gasteiger partial charge in [0.1, 0.15) is 5.75 Å². The van der Waals surface area contributed by atoms with Gasteiger partial charge in [0.15, 0.2) is 5.78 Å². The van der Waals surface area contributed by atoms with E-state index >= 15 is 0 Å². The smallest absolute Gasteiger partial charge is 0.163 e. The number of carbonyl (C=O) groups is 1. The highest BCUT2D eigenvalue weighted by atomic mass is 16.3. The van der Waals surface area contributed by atoms with Gasteiger partial charge in [0.25, 0.3) is 0 Å². The highest BCUT2D eigenvalue weighted by molar-refractivity contribution is 6.01. The van der Waals surface area contributed by atoms with Crippen LogP contribution in [0.4, 0.5) is 17.1 Å². The molecule has 3 aromatic rings. The quantitative estimate of drug-likeness (QED) is 0.522. The van der Waals surface area contributed by atoms with Crippen LogP contribution in [0.2, 0.25) is 0 Å². The maximum atomic E-state index is 13.5. The summed E-state index contributed by atoms with van der Waals surface area (Å²) in [4.78, 5) is 15.6. The average Bonchev–Trinajstić information content (AvgIpc) is 2.96. The molecule has 5 heteroatoms. The van der Waals surface area contributed by atoms with E-state index in [9.17, 15) is 9.90 Å². The molecular weight excluding hydrogens is 398 g/mol. The van der Waals surface area contributed by atoms with Crippen LogP contribution in [0.3, 0.4) is 0 Å². The molecular formula is C27H27N3O2. The van der Waals surface area contributed by atoms with Gasteiger partial charge in [0, 0.05) is 37.5 Å². The Morgan fingerprint density at radius 2 is 1.50 bits per heavy atom. The number of nitrogens with zero attached hydrogens (tertiary/aromatic N) is 1. The van der Waals surface area contributed by atoms with Crippen molar-refractivity contribution < 1.29 is 9.90 Å². The Hall–Kier alpha value is -3.73. The Bertz CT molecular complexity index is 1180. The molecule has 0 fully saturated rings. The van der Waals surface area contributed by atoms with Gasteiger partial charge < -0.3 is 20.6 Å². The molecule has 3 N–H and O–H groups in total. The van der Waals surface area contributed by atoms with E-state index in [0.717, 1.165) is 40.3 Å². The van der Waals surface area contributed by atoms with Gasteiger partial charge in [-0.25, -0.2) is 0 Å². The number of phenols is 1. The second-order valence-electron chi connectivity index (χ2n) is 8.75. The highest BCUT2D eigenvalue weighted by Gasteiger charge is 2.36. The van der Waals surface area contributed by atoms with Gasteiger partial charge in [0.2, 0.25) is 0 Å². The van der Waals surface area contributed by atoms with Gasteiger partial charge in [-0.15, -0.1) is 0 Å². The number of fused-ring (bicyclic) bond motifs is 1. The summed E-state index contributed by atoms with van der Waals surface area (Å²) < 4.78 is 0. The summed E-state index contributed by atoms with van der Waals surface area (Å²) in [6.07, 6.45) is 1.25. The standard InChI is InChI=1S/C27H27N3O2/c1-30(2)20-11-7-17(8-12-20)19-15-24-26(25(32)16-19)27(18-9-13-21(31)14-10-18)29-23-6-4-3-5-22(23)28-24/h3-14,19,27-29,31H,15-16H2,1-2H3. The minimum atomic E-state index is -0.272. The molecule has 0 saturated carbocycles. The van der Waals surface area contributed by atoms with E-state index in [4.69, 9.17) is 0 Å². The second-order valence-corrected chi connectivity index (χ2v) is 8.75. The Morgan fingerprint density at radius 3 is 2.19 bits per heavy atom. The van der Waals surface area contributed by atoms with Crippen LogP contribution in [-0.4, -0.2) is 25.0 Å². The summed E-state index contributed by atoms with van der Waals surface area (Å²) in [6.45, 7) is 0. The van der Waals surface area contributed by atoms with Crippen molar-refractivity contribution in [3.05, 3.63) is 95.2 Å². The molecule has 0 saturated heterocycles. The third-order valence-electron chi connectivity index (χ3n) is 6.42. The molecule has 2 unspecified atom stereocenters. The highest BCUT2D eigenvalue weighted by Crippen LogP contribution is 2.44. The summed E-state index contributed by atoms with van der Waals surface area (Å²) in [7, 11) is 4.05. The van der Waals surface area contributed by atoms with Crippen molar-refractivity contribution in [3.8, 4) is 5.75 Å². The Balaban J connectivity index is 1.55. The van der Waals surface area contributed by atoms with Crippen LogP contribution < -0.4 is 15.5 Å². The average molecular weight is 426 g/mol. The molecule has 162 valence electrons. The maximum absolute atomic E-state index is 13.5. The summed E-state index contributed by atoms with van der Waals surface area (Å²) in [5.41, 5.74) is 6.97. The summed E-state index contributed by atoms with van der Waals surface area (Å²) >= 11 is 0. The lowest BCUT2D eigenvalue weighted by molar-refractivity contribution is -0.116. The van der Waals surface area contributed by atoms with E-state index in [0.29, 0.717) is 6.42 Å². The van der Waals surface area contributed by atoms with E-state index in [1.54, 1.807) is 12.1 Å². The fraction of sp³-hybridized carbons (Fsp3) is 0.222. The molecule has 32 heavy (non-hydrogen) atoms. The van der Waals surface area contributed by atoms with E-state index in [2.05, 4.69) is 39.8 Å². The lowest BCUT2D eigenvalue weighted by Gasteiger charge is -2.30. The largest absolute Gasteiger partial charge is 0.508 e. The first kappa shape index (κ1) is 20.2. The first-order chi connectivity index (χ1) is 15.5. The van der Waals surface area contributed by atoms with Crippen molar-refractivity contribution in [1.82, 2.24) is 0 Å². The number of rotatable bonds is 3. The SMILES string of the molecule is CN(C)c1ccc(C2CC(=O)C3=C(C2)Nc2ccccc2NC3c2ccc(O)cc2)cc1. The van der Waals surface area contributed by atoms with Crippen molar-refractivity contribution >= 4 is 22.8 Å². The summed E-state index contributed by atoms with van der Waals surface area (Å²) in [5.74, 6) is 0.501. The van der Waals surface area contributed by atoms with E-state index < -0.39 is 0 Å². The number of benzene rings is 3. The molecule has 1 heterocycles. The van der Waals surface area contributed by atoms with E-state index in [-0.39, 0.29) is 23.5 Å². The van der Waals surface area contributed by atoms with Crippen LogP contribution >= 0.6 is 0 Å². The second kappa shape index (κ2) is 8.08. The van der Waals surface area contributed by atoms with Crippen LogP contribution in [-0.2, 0) is 4.79 Å². The van der Waals surface area contributed by atoms with Crippen LogP contribution in [0.15, 0.2) is 84.1 Å². The Kier molecular flexibility index (Phi) is 5.10. The number of allylic oxidation sites excluding steroid dienone is 1. The van der Waals surface area contributed by atoms with Gasteiger partial charge in [-0.05, 0) is 59.9 Å². The van der Waals surface area contributed by atoms with Crippen molar-refractivity contribution in [2.75, 3.05) is 29.6 Å². The van der Waals surface area contributed by atoms with Crippen molar-refractivity contribution in [2.24, 2.45) is 0 Å². The van der Waals surface area contributed by atoms with Crippen LogP contribution in [0.1, 0.15) is 35.9 Å². The third-order valence-corrected chi connectivity index (χ3v) is 6.42. The topological polar surface area (TPSA) is 64.6 Å². The number of nitrogens with one attached hydrogen (secondary N) is 2. The zero-order valence-electron chi connectivity index (χ0n) is 18.3. The van der Waals surface area contributed by atoms with Gasteiger partial charge in [-0.1, -0.05) is 36.4 Å². The molecule has 2 atom stereocenters. The number of Topliss-reactive ketones (excluding diaryl/α,β-unsaturated/α-hetero) is 1. The normalized spacial score (nSPS) is 19.9. The molecule has 0 amide bonds. The van der Waals surface area contributed by atoms with E-state index in [1.165, 1.54) is 5.56 Å². The van der Waals surface area contributed by atoms with Crippen molar-refractivity contribution in [3.63, 3.8) is 0 Å². The zero-order chi connectivity index (χ0) is 22.2. The lowest BCUT2D eigenvalue weighted by atomic mass is 9.78. The fourth-order valence-electron chi connectivity index (χ4n) is 4.69. The molecule has 1 aliphatic carbocycles. The predicted octanol–water partition coefficient (Wildman–Crippen LogP) is 5.44. The Morgan fingerprint density at radius 1 is 0.844 bits per heavy atom. The number of ketones is 1. The third kappa shape index (κ3) is 3.71. The van der Waals surface area contributed by atoms with Crippen molar-refractivity contribution in [2.45, 2.75) is 24.8 Å². The molecule has 0 spiro atoms. The van der Waals surface area contributed by atoms with Gasteiger partial charge in [0.05, 0.1) is 17.4 Å². The molecule has 5 rings (SSSR count). The molecule has 2 aliphatic rings. The number of carbonyl (C=O) groups excluding carboxylic acids is 1. The number of hydrogen-bond donors (Lipinski definition) is 3. The molecule has 0 bridgehead atoms. The summed E-state index contributed by atoms with van der Waals surface area (Å²) in [6, 6.07) is 23.4. The van der Waals surface area contributed by atoms with Gasteiger partial charge >= 0.3 is 0 Å². The molecule has 3 aromatic carbocycles. The number of phenolic OH excluding ortho intramolecular Hbond substituents is 1. The first-order valence-corrected chi connectivity index (χ1v) is 10.9. The van der Waals surface area contributed by atoms with Gasteiger partial charge in [-0.3, -0.25) is 4.79 Å². The fourth-order valence-corrected chi connectivity index (χ4v) is 4.69. The maximum Gasteiger partial charge on any atom is 0.163 e. The molecule has 5 nitrogen and oxygen atoms in total. The number of para-hydroxylation sites is 2. The number of aromatic hydroxyl groups is 1. The van der Waals surface area contributed by atoms with Crippen LogP contribution in [0.25, 0.3) is 0 Å².